The molecule has 0 saturated heterocycles. The number of halogens is 3. The van der Waals surface area contributed by atoms with Gasteiger partial charge in [0.15, 0.2) is 0 Å². The molecule has 0 rings (SSSR count). The van der Waals surface area contributed by atoms with E-state index in [0.29, 0.717) is 19.3 Å². The summed E-state index contributed by atoms with van der Waals surface area (Å²) in [6, 6.07) is -0.0278. The fourth-order valence-corrected chi connectivity index (χ4v) is 2.13. The molecule has 1 N–H and O–H groups in total. The van der Waals surface area contributed by atoms with Crippen LogP contribution >= 0.6 is 0 Å². The first-order chi connectivity index (χ1) is 8.14. The Morgan fingerprint density at radius 2 is 1.89 bits per heavy atom. The molecule has 0 fully saturated rings. The van der Waals surface area contributed by atoms with Gasteiger partial charge < -0.3 is 10.1 Å². The van der Waals surface area contributed by atoms with Crippen molar-refractivity contribution in [3.05, 3.63) is 0 Å². The molecule has 0 heterocycles. The van der Waals surface area contributed by atoms with Gasteiger partial charge in [0, 0.05) is 24.7 Å². The lowest BCUT2D eigenvalue weighted by atomic mass is 10.1. The molecule has 0 amide bonds. The SMILES string of the molecule is CNC(CCCS(C)(=O)=O)CCOCC(F)(F)F. The van der Waals surface area contributed by atoms with Crippen molar-refractivity contribution >= 4 is 9.84 Å². The second kappa shape index (κ2) is 7.96. The fourth-order valence-electron chi connectivity index (χ4n) is 1.44. The zero-order valence-corrected chi connectivity index (χ0v) is 11.4. The smallest absolute Gasteiger partial charge is 0.372 e. The summed E-state index contributed by atoms with van der Waals surface area (Å²) in [4.78, 5) is 0. The van der Waals surface area contributed by atoms with E-state index in [1.54, 1.807) is 7.05 Å². The maximum atomic E-state index is 11.8. The lowest BCUT2D eigenvalue weighted by molar-refractivity contribution is -0.174. The molecule has 0 saturated carbocycles. The Kier molecular flexibility index (Phi) is 7.81. The normalized spacial score (nSPS) is 14.7. The zero-order valence-electron chi connectivity index (χ0n) is 10.6. The first kappa shape index (κ1) is 17.7. The van der Waals surface area contributed by atoms with E-state index in [1.807, 2.05) is 0 Å². The molecule has 0 aliphatic rings. The molecule has 0 bridgehead atoms. The molecule has 0 aliphatic carbocycles. The predicted molar refractivity (Wildman–Crippen MR) is 63.3 cm³/mol. The van der Waals surface area contributed by atoms with Crippen LogP contribution in [0.25, 0.3) is 0 Å². The summed E-state index contributed by atoms with van der Waals surface area (Å²) in [5.74, 6) is 0.0919. The van der Waals surface area contributed by atoms with Gasteiger partial charge in [0.2, 0.25) is 0 Å². The highest BCUT2D eigenvalue weighted by molar-refractivity contribution is 7.90. The van der Waals surface area contributed by atoms with E-state index in [-0.39, 0.29) is 18.4 Å². The summed E-state index contributed by atoms with van der Waals surface area (Å²) < 4.78 is 61.7. The molecule has 0 aromatic rings. The molecule has 110 valence electrons. The average molecular weight is 291 g/mol. The standard InChI is InChI=1S/C10H20F3NO3S/c1-14-9(4-3-7-18(2,15)16)5-6-17-8-10(11,12)13/h9,14H,3-8H2,1-2H3. The number of rotatable bonds is 9. The van der Waals surface area contributed by atoms with Crippen LogP contribution in [0.15, 0.2) is 0 Å². The van der Waals surface area contributed by atoms with E-state index in [4.69, 9.17) is 0 Å². The lowest BCUT2D eigenvalue weighted by Gasteiger charge is -2.16. The summed E-state index contributed by atoms with van der Waals surface area (Å²) in [7, 11) is -1.29. The van der Waals surface area contributed by atoms with Crippen molar-refractivity contribution in [3.63, 3.8) is 0 Å². The summed E-state index contributed by atoms with van der Waals surface area (Å²) in [6.45, 7) is -1.24. The lowest BCUT2D eigenvalue weighted by Crippen LogP contribution is -2.28. The monoisotopic (exact) mass is 291 g/mol. The third kappa shape index (κ3) is 12.1. The van der Waals surface area contributed by atoms with Crippen LogP contribution in [0.5, 0.6) is 0 Å². The zero-order chi connectivity index (χ0) is 14.2. The van der Waals surface area contributed by atoms with Crippen LogP contribution < -0.4 is 5.32 Å². The van der Waals surface area contributed by atoms with Gasteiger partial charge in [-0.3, -0.25) is 0 Å². The van der Waals surface area contributed by atoms with Crippen molar-refractivity contribution in [1.29, 1.82) is 0 Å². The molecular weight excluding hydrogens is 271 g/mol. The maximum Gasteiger partial charge on any atom is 0.411 e. The van der Waals surface area contributed by atoms with E-state index in [2.05, 4.69) is 10.1 Å². The van der Waals surface area contributed by atoms with E-state index < -0.39 is 22.6 Å². The molecule has 0 aromatic carbocycles. The van der Waals surface area contributed by atoms with Gasteiger partial charge in [-0.25, -0.2) is 8.42 Å². The number of hydrogen-bond acceptors (Lipinski definition) is 4. The van der Waals surface area contributed by atoms with E-state index in [1.165, 1.54) is 0 Å². The van der Waals surface area contributed by atoms with Gasteiger partial charge in [-0.15, -0.1) is 0 Å². The van der Waals surface area contributed by atoms with Crippen LogP contribution in [0.3, 0.4) is 0 Å². The predicted octanol–water partition coefficient (Wildman–Crippen LogP) is 1.37. The third-order valence-electron chi connectivity index (χ3n) is 2.35. The van der Waals surface area contributed by atoms with Crippen molar-refractivity contribution in [2.45, 2.75) is 31.5 Å². The summed E-state index contributed by atoms with van der Waals surface area (Å²) >= 11 is 0. The first-order valence-electron chi connectivity index (χ1n) is 5.63. The van der Waals surface area contributed by atoms with E-state index in [9.17, 15) is 21.6 Å². The molecule has 8 heteroatoms. The van der Waals surface area contributed by atoms with Crippen LogP contribution in [-0.4, -0.2) is 52.9 Å². The second-order valence-corrected chi connectivity index (χ2v) is 6.47. The minimum absolute atomic E-state index is 0.00386. The Balaban J connectivity index is 3.71. The molecule has 4 nitrogen and oxygen atoms in total. The Morgan fingerprint density at radius 1 is 1.28 bits per heavy atom. The van der Waals surface area contributed by atoms with Crippen molar-refractivity contribution in [3.8, 4) is 0 Å². The van der Waals surface area contributed by atoms with Crippen molar-refractivity contribution in [2.75, 3.05) is 32.3 Å². The Bertz CT molecular complexity index is 317. The van der Waals surface area contributed by atoms with Crippen LogP contribution in [-0.2, 0) is 14.6 Å². The molecule has 0 aliphatic heterocycles. The van der Waals surface area contributed by atoms with Crippen molar-refractivity contribution < 1.29 is 26.3 Å². The topological polar surface area (TPSA) is 55.4 Å². The van der Waals surface area contributed by atoms with E-state index >= 15 is 0 Å². The van der Waals surface area contributed by atoms with Gasteiger partial charge in [0.1, 0.15) is 16.4 Å². The fraction of sp³-hybridized carbons (Fsp3) is 1.00. The first-order valence-corrected chi connectivity index (χ1v) is 7.69. The van der Waals surface area contributed by atoms with Crippen LogP contribution in [0, 0.1) is 0 Å². The molecule has 1 unspecified atom stereocenters. The van der Waals surface area contributed by atoms with Gasteiger partial charge in [-0.05, 0) is 26.3 Å². The van der Waals surface area contributed by atoms with Gasteiger partial charge in [-0.2, -0.15) is 13.2 Å². The molecule has 1 atom stereocenters. The Labute approximate surface area is 106 Å². The molecule has 0 aromatic heterocycles. The molecule has 0 radical (unpaired) electrons. The van der Waals surface area contributed by atoms with Gasteiger partial charge in [0.25, 0.3) is 0 Å². The van der Waals surface area contributed by atoms with Crippen LogP contribution in [0.2, 0.25) is 0 Å². The number of ether oxygens (including phenoxy) is 1. The average Bonchev–Trinajstić information content (AvgIpc) is 2.18. The second-order valence-electron chi connectivity index (χ2n) is 4.21. The molecular formula is C10H20F3NO3S. The Morgan fingerprint density at radius 3 is 2.33 bits per heavy atom. The Hall–Kier alpha value is -0.340. The summed E-state index contributed by atoms with van der Waals surface area (Å²) in [5.41, 5.74) is 0. The van der Waals surface area contributed by atoms with Crippen molar-refractivity contribution in [1.82, 2.24) is 5.32 Å². The third-order valence-corrected chi connectivity index (χ3v) is 3.38. The summed E-state index contributed by atoms with van der Waals surface area (Å²) in [6.07, 6.45) is -1.63. The molecule has 0 spiro atoms. The van der Waals surface area contributed by atoms with Gasteiger partial charge in [-0.1, -0.05) is 0 Å². The number of nitrogens with one attached hydrogen (secondary N) is 1. The highest BCUT2D eigenvalue weighted by Gasteiger charge is 2.27. The highest BCUT2D eigenvalue weighted by atomic mass is 32.2. The highest BCUT2D eigenvalue weighted by Crippen LogP contribution is 2.14. The largest absolute Gasteiger partial charge is 0.411 e. The van der Waals surface area contributed by atoms with Gasteiger partial charge in [0.05, 0.1) is 0 Å². The number of alkyl halides is 3. The minimum atomic E-state index is -4.30. The maximum absolute atomic E-state index is 11.8. The number of sulfone groups is 1. The number of hydrogen-bond donors (Lipinski definition) is 1. The van der Waals surface area contributed by atoms with Crippen LogP contribution in [0.4, 0.5) is 13.2 Å². The minimum Gasteiger partial charge on any atom is -0.372 e. The van der Waals surface area contributed by atoms with Crippen molar-refractivity contribution in [2.24, 2.45) is 0 Å². The molecule has 18 heavy (non-hydrogen) atoms. The quantitative estimate of drug-likeness (QED) is 0.652. The van der Waals surface area contributed by atoms with Crippen LogP contribution in [0.1, 0.15) is 19.3 Å². The summed E-state index contributed by atoms with van der Waals surface area (Å²) in [5, 5.41) is 2.93. The van der Waals surface area contributed by atoms with Gasteiger partial charge >= 0.3 is 6.18 Å². The van der Waals surface area contributed by atoms with E-state index in [0.717, 1.165) is 6.26 Å².